The number of benzene rings is 1. The summed E-state index contributed by atoms with van der Waals surface area (Å²) in [5, 5.41) is 8.75. The van der Waals surface area contributed by atoms with Gasteiger partial charge in [-0.05, 0) is 37.1 Å². The van der Waals surface area contributed by atoms with E-state index in [4.69, 9.17) is 13.7 Å². The first-order valence-corrected chi connectivity index (χ1v) is 8.94. The van der Waals surface area contributed by atoms with Crippen molar-refractivity contribution in [3.8, 4) is 11.5 Å². The second kappa shape index (κ2) is 5.10. The fourth-order valence-corrected chi connectivity index (χ4v) is 5.80. The molecule has 1 aliphatic heterocycles. The maximum atomic E-state index is 12.0. The summed E-state index contributed by atoms with van der Waals surface area (Å²) in [5.74, 6) is -0.0192. The van der Waals surface area contributed by atoms with Crippen LogP contribution in [0, 0.1) is 11.8 Å². The summed E-state index contributed by atoms with van der Waals surface area (Å²) in [7, 11) is -3.51. The summed E-state index contributed by atoms with van der Waals surface area (Å²) in [6, 6.07) is 5.98. The second-order valence-corrected chi connectivity index (χ2v) is 8.01. The third-order valence-corrected chi connectivity index (χ3v) is 6.65. The quantitative estimate of drug-likeness (QED) is 0.640. The Balaban J connectivity index is 1.36. The number of hydrogen-bond donors (Lipinski definition) is 1. The van der Waals surface area contributed by atoms with E-state index in [2.05, 4.69) is 0 Å². The number of phenols is 1. The van der Waals surface area contributed by atoms with Crippen molar-refractivity contribution in [3.05, 3.63) is 24.3 Å². The van der Waals surface area contributed by atoms with Gasteiger partial charge < -0.3 is 14.6 Å². The van der Waals surface area contributed by atoms with E-state index in [-0.39, 0.29) is 24.2 Å². The Kier molecular flexibility index (Phi) is 3.28. The molecule has 7 nitrogen and oxygen atoms in total. The Morgan fingerprint density at radius 3 is 2.74 bits per heavy atom. The Labute approximate surface area is 133 Å². The van der Waals surface area contributed by atoms with Crippen molar-refractivity contribution < 1.29 is 32.0 Å². The first kappa shape index (κ1) is 14.8. The van der Waals surface area contributed by atoms with Crippen molar-refractivity contribution in [2.75, 3.05) is 6.61 Å². The lowest BCUT2D eigenvalue weighted by Crippen LogP contribution is -2.38. The summed E-state index contributed by atoms with van der Waals surface area (Å²) in [6.45, 7) is -0.276. The van der Waals surface area contributed by atoms with Crippen molar-refractivity contribution in [1.29, 1.82) is 0 Å². The zero-order chi connectivity index (χ0) is 16.2. The van der Waals surface area contributed by atoms with Crippen LogP contribution >= 0.6 is 0 Å². The highest BCUT2D eigenvalue weighted by Crippen LogP contribution is 2.55. The number of carbonyl (C=O) groups is 1. The summed E-state index contributed by atoms with van der Waals surface area (Å²) in [6.07, 6.45) is 0.178. The predicted molar refractivity (Wildman–Crippen MR) is 77.3 cm³/mol. The number of phenolic OH excluding ortho intramolecular Hbond substituents is 1. The van der Waals surface area contributed by atoms with E-state index in [9.17, 15) is 18.3 Å². The molecular weight excluding hydrogens is 324 g/mol. The van der Waals surface area contributed by atoms with Gasteiger partial charge in [0.05, 0.1) is 5.25 Å². The van der Waals surface area contributed by atoms with Gasteiger partial charge in [0.1, 0.15) is 23.7 Å². The largest absolute Gasteiger partial charge is 0.508 e. The van der Waals surface area contributed by atoms with E-state index in [1.807, 2.05) is 0 Å². The van der Waals surface area contributed by atoms with Crippen molar-refractivity contribution in [3.63, 3.8) is 0 Å². The van der Waals surface area contributed by atoms with Crippen LogP contribution in [0.4, 0.5) is 0 Å². The smallest absolute Gasteiger partial charge is 0.344 e. The normalized spacial score (nSPS) is 36.1. The van der Waals surface area contributed by atoms with E-state index in [0.717, 1.165) is 6.42 Å². The van der Waals surface area contributed by atoms with Gasteiger partial charge in [-0.3, -0.25) is 4.18 Å². The minimum Gasteiger partial charge on any atom is -0.508 e. The molecule has 0 aromatic heterocycles. The number of aromatic hydroxyl groups is 1. The maximum absolute atomic E-state index is 12.0. The number of ether oxygens (including phenoxy) is 2. The summed E-state index contributed by atoms with van der Waals surface area (Å²) < 4.78 is 39.5. The van der Waals surface area contributed by atoms with Gasteiger partial charge >= 0.3 is 5.97 Å². The van der Waals surface area contributed by atoms with Gasteiger partial charge in [0.25, 0.3) is 10.1 Å². The van der Waals surface area contributed by atoms with Gasteiger partial charge in [-0.1, -0.05) is 0 Å². The first-order chi connectivity index (χ1) is 10.9. The molecule has 2 saturated carbocycles. The molecule has 2 bridgehead atoms. The number of fused-ring (bicyclic) bond motifs is 1. The highest BCUT2D eigenvalue weighted by atomic mass is 32.2. The van der Waals surface area contributed by atoms with Crippen molar-refractivity contribution in [1.82, 2.24) is 0 Å². The van der Waals surface area contributed by atoms with Crippen LogP contribution in [-0.4, -0.2) is 43.6 Å². The van der Waals surface area contributed by atoms with Crippen LogP contribution in [0.1, 0.15) is 12.8 Å². The molecule has 3 aliphatic rings. The van der Waals surface area contributed by atoms with E-state index in [1.54, 1.807) is 0 Å². The van der Waals surface area contributed by atoms with Gasteiger partial charge in [-0.2, -0.15) is 8.42 Å². The van der Waals surface area contributed by atoms with Gasteiger partial charge in [-0.25, -0.2) is 4.79 Å². The molecule has 1 heterocycles. The molecule has 1 aromatic carbocycles. The molecule has 0 spiro atoms. The molecule has 1 aromatic rings. The van der Waals surface area contributed by atoms with Crippen LogP contribution in [0.3, 0.4) is 0 Å². The number of esters is 1. The van der Waals surface area contributed by atoms with Crippen LogP contribution in [0.5, 0.6) is 11.5 Å². The number of carbonyl (C=O) groups excluding carboxylic acids is 1. The van der Waals surface area contributed by atoms with E-state index >= 15 is 0 Å². The molecule has 0 radical (unpaired) electrons. The zero-order valence-electron chi connectivity index (χ0n) is 12.1. The minimum absolute atomic E-state index is 0.0462. The lowest BCUT2D eigenvalue weighted by Gasteiger charge is -2.24. The molecule has 124 valence electrons. The monoisotopic (exact) mass is 340 g/mol. The van der Waals surface area contributed by atoms with Crippen molar-refractivity contribution >= 4 is 16.1 Å². The average molecular weight is 340 g/mol. The summed E-state index contributed by atoms with van der Waals surface area (Å²) in [4.78, 5) is 12.0. The van der Waals surface area contributed by atoms with Crippen molar-refractivity contribution in [2.45, 2.75) is 30.3 Å². The maximum Gasteiger partial charge on any atom is 0.344 e. The Morgan fingerprint density at radius 1 is 1.26 bits per heavy atom. The molecule has 0 amide bonds. The molecule has 5 unspecified atom stereocenters. The predicted octanol–water partition coefficient (Wildman–Crippen LogP) is 0.820. The highest BCUT2D eigenvalue weighted by molar-refractivity contribution is 7.87. The first-order valence-electron chi connectivity index (χ1n) is 7.47. The van der Waals surface area contributed by atoms with Crippen molar-refractivity contribution in [2.24, 2.45) is 11.8 Å². The van der Waals surface area contributed by atoms with Crippen LogP contribution in [0.15, 0.2) is 24.3 Å². The van der Waals surface area contributed by atoms with Crippen LogP contribution < -0.4 is 4.74 Å². The third-order valence-electron chi connectivity index (χ3n) is 4.87. The number of rotatable bonds is 4. The van der Waals surface area contributed by atoms with Gasteiger partial charge in [0.15, 0.2) is 6.61 Å². The standard InChI is InChI=1S/C15H16O7S/c16-9-1-3-10(4-2-9)20-7-13(17)21-14-8-5-11-12(6-8)23(18,19)22-15(11)14/h1-4,8,11-12,14-16H,5-7H2. The average Bonchev–Trinajstić information content (AvgIpc) is 3.11. The molecule has 1 saturated heterocycles. The van der Waals surface area contributed by atoms with Gasteiger partial charge in [-0.15, -0.1) is 0 Å². The molecule has 5 atom stereocenters. The Hall–Kier alpha value is -1.80. The third kappa shape index (κ3) is 2.46. The SMILES string of the molecule is O=C(COc1ccc(O)cc1)OC1C2CC3C1OS(=O)(=O)C3C2. The van der Waals surface area contributed by atoms with Crippen LogP contribution in [0.2, 0.25) is 0 Å². The van der Waals surface area contributed by atoms with E-state index in [0.29, 0.717) is 12.2 Å². The van der Waals surface area contributed by atoms with Crippen LogP contribution in [-0.2, 0) is 23.8 Å². The lowest BCUT2D eigenvalue weighted by molar-refractivity contribution is -0.158. The second-order valence-electron chi connectivity index (χ2n) is 6.22. The Morgan fingerprint density at radius 2 is 2.00 bits per heavy atom. The zero-order valence-corrected chi connectivity index (χ0v) is 12.9. The summed E-state index contributed by atoms with van der Waals surface area (Å²) >= 11 is 0. The molecule has 1 N–H and O–H groups in total. The fourth-order valence-electron chi connectivity index (χ4n) is 3.91. The molecule has 4 rings (SSSR count). The molecular formula is C15H16O7S. The highest BCUT2D eigenvalue weighted by Gasteiger charge is 2.65. The molecule has 23 heavy (non-hydrogen) atoms. The molecule has 3 fully saturated rings. The topological polar surface area (TPSA) is 99.1 Å². The molecule has 2 aliphatic carbocycles. The van der Waals surface area contributed by atoms with Crippen LogP contribution in [0.25, 0.3) is 0 Å². The van der Waals surface area contributed by atoms with E-state index in [1.165, 1.54) is 24.3 Å². The fraction of sp³-hybridized carbons (Fsp3) is 0.533. The lowest BCUT2D eigenvalue weighted by atomic mass is 9.94. The van der Waals surface area contributed by atoms with E-state index < -0.39 is 33.5 Å². The minimum atomic E-state index is -3.51. The van der Waals surface area contributed by atoms with Gasteiger partial charge in [0, 0.05) is 11.8 Å². The number of hydrogen-bond acceptors (Lipinski definition) is 7. The Bertz CT molecular complexity index is 727. The van der Waals surface area contributed by atoms with Gasteiger partial charge in [0.2, 0.25) is 0 Å². The molecule has 8 heteroatoms. The summed E-state index contributed by atoms with van der Waals surface area (Å²) in [5.41, 5.74) is 0.